The number of hydrogen-bond donors (Lipinski definition) is 2. The van der Waals surface area contributed by atoms with Crippen molar-refractivity contribution in [2.75, 3.05) is 6.54 Å². The van der Waals surface area contributed by atoms with E-state index in [2.05, 4.69) is 33.4 Å². The number of rotatable bonds is 5. The molecule has 3 nitrogen and oxygen atoms in total. The highest BCUT2D eigenvalue weighted by atomic mass is 79.9. The lowest BCUT2D eigenvalue weighted by Gasteiger charge is -2.17. The maximum atomic E-state index is 11.6. The molecule has 1 atom stereocenters. The van der Waals surface area contributed by atoms with Gasteiger partial charge in [-0.15, -0.1) is 0 Å². The molecule has 98 valence electrons. The average Bonchev–Trinajstić information content (AvgIpc) is 3.06. The van der Waals surface area contributed by atoms with Crippen LogP contribution in [0.1, 0.15) is 31.7 Å². The fourth-order valence-electron chi connectivity index (χ4n) is 2.17. The van der Waals surface area contributed by atoms with E-state index < -0.39 is 0 Å². The third kappa shape index (κ3) is 3.33. The van der Waals surface area contributed by atoms with Crippen LogP contribution in [-0.2, 0) is 10.2 Å². The van der Waals surface area contributed by atoms with Gasteiger partial charge in [0, 0.05) is 28.9 Å². The van der Waals surface area contributed by atoms with Gasteiger partial charge in [0.15, 0.2) is 0 Å². The van der Waals surface area contributed by atoms with E-state index in [0.29, 0.717) is 6.42 Å². The monoisotopic (exact) mass is 310 g/mol. The molecule has 0 saturated heterocycles. The van der Waals surface area contributed by atoms with Crippen molar-refractivity contribution in [2.24, 2.45) is 5.73 Å². The lowest BCUT2D eigenvalue weighted by Crippen LogP contribution is -2.35. The SMILES string of the molecule is CC(N)CC(=O)NCC1(c2cccc(Br)c2)CC1. The maximum Gasteiger partial charge on any atom is 0.221 e. The summed E-state index contributed by atoms with van der Waals surface area (Å²) in [6.07, 6.45) is 2.68. The zero-order chi connectivity index (χ0) is 13.2. The summed E-state index contributed by atoms with van der Waals surface area (Å²) in [6.45, 7) is 2.57. The first-order valence-corrected chi connectivity index (χ1v) is 7.09. The van der Waals surface area contributed by atoms with Crippen molar-refractivity contribution in [1.29, 1.82) is 0 Å². The number of hydrogen-bond acceptors (Lipinski definition) is 2. The molecule has 0 radical (unpaired) electrons. The van der Waals surface area contributed by atoms with Crippen molar-refractivity contribution in [1.82, 2.24) is 5.32 Å². The molecule has 0 aliphatic heterocycles. The summed E-state index contributed by atoms with van der Waals surface area (Å²) >= 11 is 3.49. The Morgan fingerprint density at radius 2 is 2.28 bits per heavy atom. The molecule has 1 aliphatic rings. The molecule has 4 heteroatoms. The second-order valence-electron chi connectivity index (χ2n) is 5.25. The van der Waals surface area contributed by atoms with E-state index in [9.17, 15) is 4.79 Å². The van der Waals surface area contributed by atoms with E-state index >= 15 is 0 Å². The number of carbonyl (C=O) groups excluding carboxylic acids is 1. The molecule has 0 bridgehead atoms. The number of amides is 1. The summed E-state index contributed by atoms with van der Waals surface area (Å²) in [4.78, 5) is 11.6. The summed E-state index contributed by atoms with van der Waals surface area (Å²) in [5.41, 5.74) is 7.07. The van der Waals surface area contributed by atoms with Gasteiger partial charge in [-0.05, 0) is 37.5 Å². The molecule has 1 aromatic carbocycles. The van der Waals surface area contributed by atoms with Crippen LogP contribution >= 0.6 is 15.9 Å². The first-order chi connectivity index (χ1) is 8.52. The highest BCUT2D eigenvalue weighted by molar-refractivity contribution is 9.10. The van der Waals surface area contributed by atoms with Crippen LogP contribution in [0.2, 0.25) is 0 Å². The second-order valence-corrected chi connectivity index (χ2v) is 6.16. The molecular weight excluding hydrogens is 292 g/mol. The molecule has 0 spiro atoms. The maximum absolute atomic E-state index is 11.6. The highest BCUT2D eigenvalue weighted by Crippen LogP contribution is 2.48. The van der Waals surface area contributed by atoms with Crippen molar-refractivity contribution in [3.8, 4) is 0 Å². The van der Waals surface area contributed by atoms with Gasteiger partial charge < -0.3 is 11.1 Å². The van der Waals surface area contributed by atoms with E-state index in [4.69, 9.17) is 5.73 Å². The van der Waals surface area contributed by atoms with Crippen LogP contribution in [0.3, 0.4) is 0 Å². The van der Waals surface area contributed by atoms with E-state index in [-0.39, 0.29) is 17.4 Å². The van der Waals surface area contributed by atoms with Gasteiger partial charge in [-0.3, -0.25) is 4.79 Å². The Kier molecular flexibility index (Phi) is 4.07. The van der Waals surface area contributed by atoms with Gasteiger partial charge in [0.25, 0.3) is 0 Å². The van der Waals surface area contributed by atoms with Crippen molar-refractivity contribution in [2.45, 2.75) is 37.6 Å². The fraction of sp³-hybridized carbons (Fsp3) is 0.500. The van der Waals surface area contributed by atoms with Gasteiger partial charge in [-0.25, -0.2) is 0 Å². The Morgan fingerprint density at radius 3 is 2.83 bits per heavy atom. The summed E-state index contributed by atoms with van der Waals surface area (Å²) in [5, 5.41) is 3.00. The summed E-state index contributed by atoms with van der Waals surface area (Å²) in [6, 6.07) is 8.27. The Morgan fingerprint density at radius 1 is 1.56 bits per heavy atom. The van der Waals surface area contributed by atoms with Crippen LogP contribution in [0.25, 0.3) is 0 Å². The molecular formula is C14H19BrN2O. The molecule has 1 aliphatic carbocycles. The lowest BCUT2D eigenvalue weighted by molar-refractivity contribution is -0.121. The molecule has 1 amide bonds. The predicted molar refractivity (Wildman–Crippen MR) is 76.3 cm³/mol. The molecule has 1 fully saturated rings. The first kappa shape index (κ1) is 13.6. The standard InChI is InChI=1S/C14H19BrN2O/c1-10(16)7-13(18)17-9-14(5-6-14)11-3-2-4-12(15)8-11/h2-4,8,10H,5-7,9,16H2,1H3,(H,17,18). The van der Waals surface area contributed by atoms with E-state index in [1.54, 1.807) is 0 Å². The highest BCUT2D eigenvalue weighted by Gasteiger charge is 2.44. The third-order valence-corrected chi connectivity index (χ3v) is 3.92. The molecule has 3 N–H and O–H groups in total. The van der Waals surface area contributed by atoms with E-state index in [1.165, 1.54) is 5.56 Å². The lowest BCUT2D eigenvalue weighted by atomic mass is 9.96. The van der Waals surface area contributed by atoms with Crippen molar-refractivity contribution >= 4 is 21.8 Å². The third-order valence-electron chi connectivity index (χ3n) is 3.42. The molecule has 18 heavy (non-hydrogen) atoms. The average molecular weight is 311 g/mol. The van der Waals surface area contributed by atoms with Gasteiger partial charge in [0.1, 0.15) is 0 Å². The number of nitrogens with one attached hydrogen (secondary N) is 1. The van der Waals surface area contributed by atoms with E-state index in [0.717, 1.165) is 23.9 Å². The zero-order valence-electron chi connectivity index (χ0n) is 10.6. The summed E-state index contributed by atoms with van der Waals surface area (Å²) < 4.78 is 1.09. The van der Waals surface area contributed by atoms with Crippen molar-refractivity contribution in [3.05, 3.63) is 34.3 Å². The number of halogens is 1. The van der Waals surface area contributed by atoms with Gasteiger partial charge in [0.2, 0.25) is 5.91 Å². The molecule has 1 aromatic rings. The van der Waals surface area contributed by atoms with Crippen LogP contribution in [0.5, 0.6) is 0 Å². The Balaban J connectivity index is 1.95. The van der Waals surface area contributed by atoms with Crippen molar-refractivity contribution in [3.63, 3.8) is 0 Å². The van der Waals surface area contributed by atoms with Crippen LogP contribution < -0.4 is 11.1 Å². The fourth-order valence-corrected chi connectivity index (χ4v) is 2.57. The van der Waals surface area contributed by atoms with Crippen molar-refractivity contribution < 1.29 is 4.79 Å². The second kappa shape index (κ2) is 5.41. The summed E-state index contributed by atoms with van der Waals surface area (Å²) in [5.74, 6) is 0.0475. The number of carbonyl (C=O) groups is 1. The minimum Gasteiger partial charge on any atom is -0.355 e. The van der Waals surface area contributed by atoms with Gasteiger partial charge in [-0.2, -0.15) is 0 Å². The largest absolute Gasteiger partial charge is 0.355 e. The molecule has 0 heterocycles. The normalized spacial score (nSPS) is 18.2. The van der Waals surface area contributed by atoms with Crippen LogP contribution in [0.15, 0.2) is 28.7 Å². The van der Waals surface area contributed by atoms with Gasteiger partial charge >= 0.3 is 0 Å². The van der Waals surface area contributed by atoms with Crippen LogP contribution in [-0.4, -0.2) is 18.5 Å². The number of benzene rings is 1. The molecule has 2 rings (SSSR count). The molecule has 1 unspecified atom stereocenters. The minimum absolute atomic E-state index is 0.0475. The minimum atomic E-state index is -0.0778. The van der Waals surface area contributed by atoms with Gasteiger partial charge in [0.05, 0.1) is 0 Å². The Bertz CT molecular complexity index is 441. The summed E-state index contributed by atoms with van der Waals surface area (Å²) in [7, 11) is 0. The predicted octanol–water partition coefficient (Wildman–Crippen LogP) is 2.33. The molecule has 1 saturated carbocycles. The first-order valence-electron chi connectivity index (χ1n) is 6.30. The van der Waals surface area contributed by atoms with E-state index in [1.807, 2.05) is 19.1 Å². The topological polar surface area (TPSA) is 55.1 Å². The Hall–Kier alpha value is -0.870. The Labute approximate surface area is 116 Å². The smallest absolute Gasteiger partial charge is 0.221 e. The molecule has 0 aromatic heterocycles. The number of nitrogens with two attached hydrogens (primary N) is 1. The van der Waals surface area contributed by atoms with Crippen LogP contribution in [0.4, 0.5) is 0 Å². The van der Waals surface area contributed by atoms with Crippen LogP contribution in [0, 0.1) is 0 Å². The van der Waals surface area contributed by atoms with Gasteiger partial charge in [-0.1, -0.05) is 28.1 Å². The quantitative estimate of drug-likeness (QED) is 0.877. The zero-order valence-corrected chi connectivity index (χ0v) is 12.2.